The third-order valence-corrected chi connectivity index (χ3v) is 2.86. The van der Waals surface area contributed by atoms with E-state index in [1.54, 1.807) is 6.07 Å². The molecule has 1 amide bonds. The molecule has 1 N–H and O–H groups in total. The molecule has 0 saturated heterocycles. The summed E-state index contributed by atoms with van der Waals surface area (Å²) in [7, 11) is 1.50. The number of rotatable bonds is 3. The first-order valence-corrected chi connectivity index (χ1v) is 5.86. The van der Waals surface area contributed by atoms with Crippen LogP contribution < -0.4 is 4.90 Å². The van der Waals surface area contributed by atoms with Crippen molar-refractivity contribution in [2.75, 3.05) is 11.9 Å². The van der Waals surface area contributed by atoms with E-state index in [2.05, 4.69) is 0 Å². The van der Waals surface area contributed by atoms with Gasteiger partial charge in [0.1, 0.15) is 5.82 Å². The van der Waals surface area contributed by atoms with Gasteiger partial charge in [0.2, 0.25) is 0 Å². The van der Waals surface area contributed by atoms with Crippen LogP contribution in [-0.4, -0.2) is 24.0 Å². The normalized spacial score (nSPS) is 10.1. The molecule has 0 atom stereocenters. The maximum absolute atomic E-state index is 13.1. The van der Waals surface area contributed by atoms with Gasteiger partial charge in [-0.15, -0.1) is 0 Å². The number of nitrogens with zero attached hydrogens (tertiary/aromatic N) is 1. The minimum Gasteiger partial charge on any atom is -0.478 e. The summed E-state index contributed by atoms with van der Waals surface area (Å²) in [6.45, 7) is 0. The lowest BCUT2D eigenvalue weighted by atomic mass is 10.1. The van der Waals surface area contributed by atoms with Crippen molar-refractivity contribution in [1.82, 2.24) is 0 Å². The van der Waals surface area contributed by atoms with E-state index < -0.39 is 17.7 Å². The molecule has 0 aromatic heterocycles. The molecule has 2 rings (SSSR count). The molecule has 0 aliphatic rings. The van der Waals surface area contributed by atoms with Crippen LogP contribution in [0.2, 0.25) is 0 Å². The summed E-state index contributed by atoms with van der Waals surface area (Å²) in [5.74, 6) is -1.95. The molecule has 0 spiro atoms. The molecule has 0 fully saturated rings. The third kappa shape index (κ3) is 2.83. The Bertz CT molecular complexity index is 670. The van der Waals surface area contributed by atoms with E-state index in [1.807, 2.05) is 0 Å². The van der Waals surface area contributed by atoms with Crippen LogP contribution in [0, 0.1) is 5.82 Å². The van der Waals surface area contributed by atoms with Crippen LogP contribution in [0.5, 0.6) is 0 Å². The summed E-state index contributed by atoms with van der Waals surface area (Å²) in [5, 5.41) is 8.91. The number of carbonyl (C=O) groups is 2. The van der Waals surface area contributed by atoms with Crippen molar-refractivity contribution in [2.24, 2.45) is 0 Å². The highest BCUT2D eigenvalue weighted by atomic mass is 19.1. The quantitative estimate of drug-likeness (QED) is 0.935. The number of halogens is 1. The van der Waals surface area contributed by atoms with E-state index in [1.165, 1.54) is 54.4 Å². The predicted octanol–water partition coefficient (Wildman–Crippen LogP) is 2.80. The molecular formula is C15H12FNO3. The van der Waals surface area contributed by atoms with E-state index in [-0.39, 0.29) is 11.1 Å². The smallest absolute Gasteiger partial charge is 0.335 e. The van der Waals surface area contributed by atoms with Gasteiger partial charge in [0, 0.05) is 18.3 Å². The largest absolute Gasteiger partial charge is 0.478 e. The van der Waals surface area contributed by atoms with Crippen LogP contribution >= 0.6 is 0 Å². The molecule has 20 heavy (non-hydrogen) atoms. The number of amides is 1. The second-order valence-electron chi connectivity index (χ2n) is 4.23. The number of carboxylic acid groups (broad SMARTS) is 1. The fourth-order valence-corrected chi connectivity index (χ4v) is 1.78. The zero-order chi connectivity index (χ0) is 14.7. The van der Waals surface area contributed by atoms with Gasteiger partial charge in [-0.1, -0.05) is 12.1 Å². The first-order valence-electron chi connectivity index (χ1n) is 5.86. The van der Waals surface area contributed by atoms with Crippen molar-refractivity contribution < 1.29 is 19.1 Å². The van der Waals surface area contributed by atoms with Gasteiger partial charge in [-0.25, -0.2) is 9.18 Å². The second-order valence-corrected chi connectivity index (χ2v) is 4.23. The van der Waals surface area contributed by atoms with Crippen molar-refractivity contribution in [3.63, 3.8) is 0 Å². The van der Waals surface area contributed by atoms with Gasteiger partial charge in [0.05, 0.1) is 5.56 Å². The number of anilines is 1. The molecule has 0 radical (unpaired) electrons. The Hall–Kier alpha value is -2.69. The van der Waals surface area contributed by atoms with Crippen molar-refractivity contribution in [3.05, 3.63) is 65.5 Å². The minimum absolute atomic E-state index is 0.0310. The number of carboxylic acids is 1. The van der Waals surface area contributed by atoms with Crippen LogP contribution in [-0.2, 0) is 0 Å². The number of hydrogen-bond acceptors (Lipinski definition) is 2. The summed E-state index contributed by atoms with van der Waals surface area (Å²) in [6.07, 6.45) is 0. The van der Waals surface area contributed by atoms with Gasteiger partial charge in [-0.05, 0) is 36.4 Å². The van der Waals surface area contributed by atoms with Crippen LogP contribution in [0.3, 0.4) is 0 Å². The van der Waals surface area contributed by atoms with Crippen molar-refractivity contribution in [3.8, 4) is 0 Å². The van der Waals surface area contributed by atoms with Gasteiger partial charge in [0.15, 0.2) is 0 Å². The molecule has 0 aliphatic heterocycles. The van der Waals surface area contributed by atoms with Crippen molar-refractivity contribution >= 4 is 17.6 Å². The fraction of sp³-hybridized carbons (Fsp3) is 0.0667. The second kappa shape index (κ2) is 5.52. The van der Waals surface area contributed by atoms with Crippen LogP contribution in [0.15, 0.2) is 48.5 Å². The highest BCUT2D eigenvalue weighted by molar-refractivity contribution is 6.06. The minimum atomic E-state index is -1.10. The average molecular weight is 273 g/mol. The first kappa shape index (κ1) is 13.7. The van der Waals surface area contributed by atoms with E-state index in [0.29, 0.717) is 5.69 Å². The number of hydrogen-bond donors (Lipinski definition) is 1. The molecule has 0 bridgehead atoms. The Morgan fingerprint density at radius 3 is 2.35 bits per heavy atom. The van der Waals surface area contributed by atoms with E-state index >= 15 is 0 Å². The topological polar surface area (TPSA) is 57.6 Å². The van der Waals surface area contributed by atoms with Gasteiger partial charge < -0.3 is 10.0 Å². The highest BCUT2D eigenvalue weighted by Gasteiger charge is 2.15. The number of benzene rings is 2. The molecule has 0 heterocycles. The standard InChI is InChI=1S/C15H12FNO3/c1-17(13-7-3-6-12(16)9-13)14(18)10-4-2-5-11(8-10)15(19)20/h2-9H,1H3,(H,19,20). The summed E-state index contributed by atoms with van der Waals surface area (Å²) >= 11 is 0. The lowest BCUT2D eigenvalue weighted by molar-refractivity contribution is 0.0697. The maximum atomic E-state index is 13.1. The molecule has 0 aliphatic carbocycles. The Morgan fingerprint density at radius 2 is 1.70 bits per heavy atom. The van der Waals surface area contributed by atoms with E-state index in [0.717, 1.165) is 0 Å². The maximum Gasteiger partial charge on any atom is 0.335 e. The fourth-order valence-electron chi connectivity index (χ4n) is 1.78. The average Bonchev–Trinajstić information content (AvgIpc) is 2.45. The van der Waals surface area contributed by atoms with Gasteiger partial charge in [-0.2, -0.15) is 0 Å². The monoisotopic (exact) mass is 273 g/mol. The molecule has 2 aromatic carbocycles. The summed E-state index contributed by atoms with van der Waals surface area (Å²) < 4.78 is 13.1. The Kier molecular flexibility index (Phi) is 3.79. The van der Waals surface area contributed by atoms with Gasteiger partial charge in [-0.3, -0.25) is 4.79 Å². The summed E-state index contributed by atoms with van der Waals surface area (Å²) in [4.78, 5) is 24.4. The lowest BCUT2D eigenvalue weighted by Gasteiger charge is -2.17. The van der Waals surface area contributed by atoms with E-state index in [4.69, 9.17) is 5.11 Å². The Balaban J connectivity index is 2.31. The highest BCUT2D eigenvalue weighted by Crippen LogP contribution is 2.17. The molecule has 0 saturated carbocycles. The molecule has 0 unspecified atom stereocenters. The molecule has 4 nitrogen and oxygen atoms in total. The van der Waals surface area contributed by atoms with E-state index in [9.17, 15) is 14.0 Å². The Morgan fingerprint density at radius 1 is 1.05 bits per heavy atom. The summed E-state index contributed by atoms with van der Waals surface area (Å²) in [6, 6.07) is 11.3. The lowest BCUT2D eigenvalue weighted by Crippen LogP contribution is -2.26. The van der Waals surface area contributed by atoms with Crippen LogP contribution in [0.1, 0.15) is 20.7 Å². The summed E-state index contributed by atoms with van der Waals surface area (Å²) in [5.41, 5.74) is 0.663. The molecule has 102 valence electrons. The van der Waals surface area contributed by atoms with Gasteiger partial charge >= 0.3 is 5.97 Å². The Labute approximate surface area is 115 Å². The number of carbonyl (C=O) groups excluding carboxylic acids is 1. The van der Waals surface area contributed by atoms with Crippen LogP contribution in [0.25, 0.3) is 0 Å². The van der Waals surface area contributed by atoms with Crippen molar-refractivity contribution in [1.29, 1.82) is 0 Å². The SMILES string of the molecule is CN(C(=O)c1cccc(C(=O)O)c1)c1cccc(F)c1. The molecule has 2 aromatic rings. The third-order valence-electron chi connectivity index (χ3n) is 2.86. The van der Waals surface area contributed by atoms with Gasteiger partial charge in [0.25, 0.3) is 5.91 Å². The zero-order valence-electron chi connectivity index (χ0n) is 10.7. The first-order chi connectivity index (χ1) is 9.49. The molecule has 5 heteroatoms. The number of aromatic carboxylic acids is 1. The van der Waals surface area contributed by atoms with Crippen molar-refractivity contribution in [2.45, 2.75) is 0 Å². The predicted molar refractivity (Wildman–Crippen MR) is 72.5 cm³/mol. The zero-order valence-corrected chi connectivity index (χ0v) is 10.7. The van der Waals surface area contributed by atoms with Crippen LogP contribution in [0.4, 0.5) is 10.1 Å². The molecular weight excluding hydrogens is 261 g/mol.